The van der Waals surface area contributed by atoms with E-state index in [1.165, 1.54) is 32.5 Å². The predicted octanol–water partition coefficient (Wildman–Crippen LogP) is 4.77. The Morgan fingerprint density at radius 2 is 1.95 bits per heavy atom. The molecule has 2 rings (SSSR count). The van der Waals surface area contributed by atoms with Crippen molar-refractivity contribution in [3.63, 3.8) is 0 Å². The lowest BCUT2D eigenvalue weighted by Gasteiger charge is -2.32. The average molecular weight is 329 g/mol. The lowest BCUT2D eigenvalue weighted by molar-refractivity contribution is 0.187. The summed E-state index contributed by atoms with van der Waals surface area (Å²) in [6.45, 7) is 9.17. The Labute approximate surface area is 138 Å². The summed E-state index contributed by atoms with van der Waals surface area (Å²) in [4.78, 5) is 2.53. The van der Waals surface area contributed by atoms with Crippen LogP contribution in [0.25, 0.3) is 0 Å². The SMILES string of the molecule is CCC(NCC1CCN(CC)CC1)c1ccc(Cl)cc1Cl. The summed E-state index contributed by atoms with van der Waals surface area (Å²) in [6.07, 6.45) is 3.63. The second-order valence-corrected chi connectivity index (χ2v) is 6.76. The second kappa shape index (κ2) is 8.38. The maximum Gasteiger partial charge on any atom is 0.0468 e. The number of nitrogens with one attached hydrogen (secondary N) is 1. The van der Waals surface area contributed by atoms with Gasteiger partial charge in [-0.2, -0.15) is 0 Å². The van der Waals surface area contributed by atoms with Crippen LogP contribution in [0.2, 0.25) is 10.0 Å². The highest BCUT2D eigenvalue weighted by atomic mass is 35.5. The Balaban J connectivity index is 1.88. The molecule has 0 bridgehead atoms. The van der Waals surface area contributed by atoms with Gasteiger partial charge in [-0.15, -0.1) is 0 Å². The zero-order valence-corrected chi connectivity index (χ0v) is 14.6. The molecule has 0 saturated carbocycles. The summed E-state index contributed by atoms with van der Waals surface area (Å²) in [5, 5.41) is 5.17. The molecule has 21 heavy (non-hydrogen) atoms. The maximum atomic E-state index is 6.33. The summed E-state index contributed by atoms with van der Waals surface area (Å²) in [6, 6.07) is 6.12. The van der Waals surface area contributed by atoms with E-state index in [1.54, 1.807) is 0 Å². The number of hydrogen-bond acceptors (Lipinski definition) is 2. The fourth-order valence-electron chi connectivity index (χ4n) is 3.07. The first-order valence-corrected chi connectivity index (χ1v) is 8.80. The molecule has 4 heteroatoms. The van der Waals surface area contributed by atoms with Gasteiger partial charge in [0.25, 0.3) is 0 Å². The standard InChI is InChI=1S/C17H26Cl2N2/c1-3-17(15-6-5-14(18)11-16(15)19)20-12-13-7-9-21(4-2)10-8-13/h5-6,11,13,17,20H,3-4,7-10,12H2,1-2H3. The first-order valence-electron chi connectivity index (χ1n) is 8.04. The molecule has 0 radical (unpaired) electrons. The van der Waals surface area contributed by atoms with Crippen LogP contribution in [-0.2, 0) is 0 Å². The van der Waals surface area contributed by atoms with Crippen LogP contribution >= 0.6 is 23.2 Å². The van der Waals surface area contributed by atoms with E-state index < -0.39 is 0 Å². The van der Waals surface area contributed by atoms with Crippen molar-refractivity contribution in [1.29, 1.82) is 0 Å². The molecule has 0 aromatic heterocycles. The van der Waals surface area contributed by atoms with Crippen molar-refractivity contribution in [2.45, 2.75) is 39.2 Å². The van der Waals surface area contributed by atoms with Gasteiger partial charge in [0.05, 0.1) is 0 Å². The molecule has 1 heterocycles. The summed E-state index contributed by atoms with van der Waals surface area (Å²) >= 11 is 12.3. The second-order valence-electron chi connectivity index (χ2n) is 5.91. The van der Waals surface area contributed by atoms with Crippen molar-refractivity contribution >= 4 is 23.2 Å². The number of rotatable bonds is 6. The number of hydrogen-bond donors (Lipinski definition) is 1. The Bertz CT molecular complexity index is 442. The number of nitrogens with zero attached hydrogens (tertiary/aromatic N) is 1. The van der Waals surface area contributed by atoms with Gasteiger partial charge in [-0.1, -0.05) is 43.1 Å². The Hall–Kier alpha value is -0.280. The summed E-state index contributed by atoms with van der Waals surface area (Å²) in [5.41, 5.74) is 1.16. The van der Waals surface area contributed by atoms with Gasteiger partial charge >= 0.3 is 0 Å². The molecule has 1 aromatic rings. The largest absolute Gasteiger partial charge is 0.310 e. The molecule has 1 aromatic carbocycles. The Morgan fingerprint density at radius 1 is 1.24 bits per heavy atom. The summed E-state index contributed by atoms with van der Waals surface area (Å²) < 4.78 is 0. The van der Waals surface area contributed by atoms with Gasteiger partial charge in [-0.25, -0.2) is 0 Å². The fourth-order valence-corrected chi connectivity index (χ4v) is 3.61. The summed E-state index contributed by atoms with van der Waals surface area (Å²) in [7, 11) is 0. The van der Waals surface area contributed by atoms with Gasteiger partial charge in [0.2, 0.25) is 0 Å². The number of benzene rings is 1. The van der Waals surface area contributed by atoms with E-state index in [9.17, 15) is 0 Å². The molecule has 1 aliphatic rings. The Kier molecular flexibility index (Phi) is 6.81. The van der Waals surface area contributed by atoms with E-state index in [0.717, 1.165) is 29.5 Å². The minimum Gasteiger partial charge on any atom is -0.310 e. The van der Waals surface area contributed by atoms with Crippen LogP contribution in [-0.4, -0.2) is 31.1 Å². The molecule has 1 aliphatic heterocycles. The van der Waals surface area contributed by atoms with E-state index in [2.05, 4.69) is 24.1 Å². The van der Waals surface area contributed by atoms with Crippen LogP contribution in [0.3, 0.4) is 0 Å². The van der Waals surface area contributed by atoms with Crippen LogP contribution in [0.4, 0.5) is 0 Å². The number of halogens is 2. The quantitative estimate of drug-likeness (QED) is 0.809. The van der Waals surface area contributed by atoms with Crippen molar-refractivity contribution in [2.75, 3.05) is 26.2 Å². The number of likely N-dealkylation sites (tertiary alicyclic amines) is 1. The van der Waals surface area contributed by atoms with Gasteiger partial charge in [-0.3, -0.25) is 0 Å². The molecule has 0 spiro atoms. The third kappa shape index (κ3) is 4.85. The highest BCUT2D eigenvalue weighted by molar-refractivity contribution is 6.35. The van der Waals surface area contributed by atoms with E-state index in [4.69, 9.17) is 23.2 Å². The first-order chi connectivity index (χ1) is 10.1. The van der Waals surface area contributed by atoms with Crippen molar-refractivity contribution in [3.8, 4) is 0 Å². The molecular formula is C17H26Cl2N2. The average Bonchev–Trinajstić information content (AvgIpc) is 2.50. The van der Waals surface area contributed by atoms with Crippen molar-refractivity contribution in [3.05, 3.63) is 33.8 Å². The lowest BCUT2D eigenvalue weighted by atomic mass is 9.95. The van der Waals surface area contributed by atoms with Gasteiger partial charge < -0.3 is 10.2 Å². The minimum atomic E-state index is 0.318. The van der Waals surface area contributed by atoms with Crippen LogP contribution in [0.15, 0.2) is 18.2 Å². The van der Waals surface area contributed by atoms with E-state index in [0.29, 0.717) is 11.1 Å². The zero-order chi connectivity index (χ0) is 15.2. The molecular weight excluding hydrogens is 303 g/mol. The van der Waals surface area contributed by atoms with E-state index >= 15 is 0 Å². The number of piperidine rings is 1. The minimum absolute atomic E-state index is 0.318. The smallest absolute Gasteiger partial charge is 0.0468 e. The molecule has 2 nitrogen and oxygen atoms in total. The highest BCUT2D eigenvalue weighted by Crippen LogP contribution is 2.28. The normalized spacial score (nSPS) is 18.9. The molecule has 1 unspecified atom stereocenters. The fraction of sp³-hybridized carbons (Fsp3) is 0.647. The third-order valence-corrected chi connectivity index (χ3v) is 5.12. The molecule has 1 N–H and O–H groups in total. The van der Waals surface area contributed by atoms with Crippen LogP contribution in [0.5, 0.6) is 0 Å². The third-order valence-electron chi connectivity index (χ3n) is 4.55. The van der Waals surface area contributed by atoms with E-state index in [1.807, 2.05) is 18.2 Å². The molecule has 1 atom stereocenters. The van der Waals surface area contributed by atoms with Crippen LogP contribution < -0.4 is 5.32 Å². The molecule has 0 amide bonds. The monoisotopic (exact) mass is 328 g/mol. The van der Waals surface area contributed by atoms with Crippen molar-refractivity contribution in [1.82, 2.24) is 10.2 Å². The van der Waals surface area contributed by atoms with E-state index in [-0.39, 0.29) is 0 Å². The Morgan fingerprint density at radius 3 is 2.52 bits per heavy atom. The van der Waals surface area contributed by atoms with Gasteiger partial charge in [0.15, 0.2) is 0 Å². The van der Waals surface area contributed by atoms with Gasteiger partial charge in [0, 0.05) is 16.1 Å². The summed E-state index contributed by atoms with van der Waals surface area (Å²) in [5.74, 6) is 0.785. The topological polar surface area (TPSA) is 15.3 Å². The van der Waals surface area contributed by atoms with Crippen molar-refractivity contribution < 1.29 is 0 Å². The van der Waals surface area contributed by atoms with Gasteiger partial charge in [0.1, 0.15) is 0 Å². The van der Waals surface area contributed by atoms with Gasteiger partial charge in [-0.05, 0) is 69.1 Å². The first kappa shape index (κ1) is 17.1. The van der Waals surface area contributed by atoms with Crippen LogP contribution in [0, 0.1) is 5.92 Å². The zero-order valence-electron chi connectivity index (χ0n) is 13.0. The molecule has 0 aliphatic carbocycles. The highest BCUT2D eigenvalue weighted by Gasteiger charge is 2.20. The maximum absolute atomic E-state index is 6.33. The van der Waals surface area contributed by atoms with Crippen LogP contribution in [0.1, 0.15) is 44.7 Å². The molecule has 1 fully saturated rings. The lowest BCUT2D eigenvalue weighted by Crippen LogP contribution is -2.37. The predicted molar refractivity (Wildman–Crippen MR) is 92.3 cm³/mol. The molecule has 1 saturated heterocycles. The molecule has 118 valence electrons. The van der Waals surface area contributed by atoms with Crippen molar-refractivity contribution in [2.24, 2.45) is 5.92 Å².